The Bertz CT molecular complexity index is 692. The van der Waals surface area contributed by atoms with Crippen molar-refractivity contribution in [2.75, 3.05) is 11.9 Å². The van der Waals surface area contributed by atoms with Gasteiger partial charge in [-0.25, -0.2) is 0 Å². The fourth-order valence-electron chi connectivity index (χ4n) is 2.80. The molecule has 2 N–H and O–H groups in total. The molecule has 0 fully saturated rings. The molecule has 130 valence electrons. The van der Waals surface area contributed by atoms with E-state index in [0.717, 1.165) is 24.5 Å². The van der Waals surface area contributed by atoms with Crippen LogP contribution in [-0.4, -0.2) is 22.2 Å². The topological polar surface area (TPSA) is 59.0 Å². The molecule has 2 aromatic rings. The molecule has 0 bridgehead atoms. The van der Waals surface area contributed by atoms with Gasteiger partial charge >= 0.3 is 0 Å². The van der Waals surface area contributed by atoms with Gasteiger partial charge in [-0.2, -0.15) is 5.10 Å². The highest BCUT2D eigenvalue weighted by Crippen LogP contribution is 2.18. The first-order valence-corrected chi connectivity index (χ1v) is 8.47. The maximum absolute atomic E-state index is 11.2. The van der Waals surface area contributed by atoms with E-state index < -0.39 is 0 Å². The molecule has 0 saturated heterocycles. The normalized spacial score (nSPS) is 13.5. The van der Waals surface area contributed by atoms with Crippen LogP contribution in [-0.2, 0) is 11.3 Å². The Morgan fingerprint density at radius 1 is 1.25 bits per heavy atom. The van der Waals surface area contributed by atoms with Crippen LogP contribution >= 0.6 is 0 Å². The number of benzene rings is 1. The van der Waals surface area contributed by atoms with Crippen LogP contribution in [0.1, 0.15) is 43.8 Å². The molecule has 2 rings (SSSR count). The molecule has 1 aromatic carbocycles. The zero-order chi connectivity index (χ0) is 17.7. The molecule has 0 aliphatic heterocycles. The maximum Gasteiger partial charge on any atom is 0.221 e. The molecular formula is C19H28N4O. The second-order valence-corrected chi connectivity index (χ2v) is 6.65. The summed E-state index contributed by atoms with van der Waals surface area (Å²) in [5, 5.41) is 10.9. The summed E-state index contributed by atoms with van der Waals surface area (Å²) in [5.74, 6) is 0.426. The minimum atomic E-state index is -0.0497. The summed E-state index contributed by atoms with van der Waals surface area (Å²) in [7, 11) is 0. The SMILES string of the molecule is CC(=O)Nc1cccc([C@H](C)NC[C@H](C)Cn2nc(C)cc2C)c1. The third-order valence-electron chi connectivity index (χ3n) is 4.07. The van der Waals surface area contributed by atoms with Crippen molar-refractivity contribution in [1.82, 2.24) is 15.1 Å². The van der Waals surface area contributed by atoms with E-state index in [1.165, 1.54) is 18.2 Å². The number of hydrogen-bond donors (Lipinski definition) is 2. The van der Waals surface area contributed by atoms with Gasteiger partial charge in [-0.3, -0.25) is 9.48 Å². The molecule has 1 heterocycles. The number of rotatable bonds is 7. The van der Waals surface area contributed by atoms with Gasteiger partial charge in [-0.1, -0.05) is 19.1 Å². The first kappa shape index (κ1) is 18.2. The number of nitrogens with zero attached hydrogens (tertiary/aromatic N) is 2. The molecule has 0 aliphatic carbocycles. The van der Waals surface area contributed by atoms with Crippen molar-refractivity contribution >= 4 is 11.6 Å². The summed E-state index contributed by atoms with van der Waals surface area (Å²) in [6, 6.07) is 10.3. The first-order valence-electron chi connectivity index (χ1n) is 8.47. The number of carbonyl (C=O) groups excluding carboxylic acids is 1. The predicted octanol–water partition coefficient (Wildman–Crippen LogP) is 3.45. The lowest BCUT2D eigenvalue weighted by atomic mass is 10.1. The van der Waals surface area contributed by atoms with E-state index in [1.54, 1.807) is 0 Å². The summed E-state index contributed by atoms with van der Waals surface area (Å²) in [6.45, 7) is 11.8. The van der Waals surface area contributed by atoms with Crippen LogP contribution in [0.5, 0.6) is 0 Å². The van der Waals surface area contributed by atoms with E-state index in [4.69, 9.17) is 0 Å². The third-order valence-corrected chi connectivity index (χ3v) is 4.07. The molecule has 1 aromatic heterocycles. The summed E-state index contributed by atoms with van der Waals surface area (Å²) >= 11 is 0. The molecule has 24 heavy (non-hydrogen) atoms. The Hall–Kier alpha value is -2.14. The van der Waals surface area contributed by atoms with Crippen LogP contribution in [0.4, 0.5) is 5.69 Å². The highest BCUT2D eigenvalue weighted by molar-refractivity contribution is 5.88. The van der Waals surface area contributed by atoms with E-state index in [0.29, 0.717) is 5.92 Å². The Morgan fingerprint density at radius 2 is 2.00 bits per heavy atom. The fraction of sp³-hybridized carbons (Fsp3) is 0.474. The van der Waals surface area contributed by atoms with E-state index in [9.17, 15) is 4.79 Å². The number of hydrogen-bond acceptors (Lipinski definition) is 3. The van der Waals surface area contributed by atoms with E-state index in [-0.39, 0.29) is 11.9 Å². The zero-order valence-corrected chi connectivity index (χ0v) is 15.3. The van der Waals surface area contributed by atoms with Crippen molar-refractivity contribution in [2.24, 2.45) is 5.92 Å². The van der Waals surface area contributed by atoms with E-state index >= 15 is 0 Å². The molecule has 2 atom stereocenters. The van der Waals surface area contributed by atoms with Crippen molar-refractivity contribution in [3.8, 4) is 0 Å². The molecule has 0 saturated carbocycles. The number of aryl methyl sites for hydroxylation is 2. The van der Waals surface area contributed by atoms with E-state index in [1.807, 2.05) is 25.1 Å². The minimum absolute atomic E-state index is 0.0497. The summed E-state index contributed by atoms with van der Waals surface area (Å²) in [5.41, 5.74) is 4.27. The van der Waals surface area contributed by atoms with Crippen molar-refractivity contribution in [1.29, 1.82) is 0 Å². The predicted molar refractivity (Wildman–Crippen MR) is 98.0 cm³/mol. The molecule has 0 unspecified atom stereocenters. The van der Waals surface area contributed by atoms with Gasteiger partial charge in [-0.05, 0) is 50.5 Å². The van der Waals surface area contributed by atoms with Gasteiger partial charge in [-0.15, -0.1) is 0 Å². The summed E-state index contributed by atoms with van der Waals surface area (Å²) in [4.78, 5) is 11.2. The number of nitrogens with one attached hydrogen (secondary N) is 2. The monoisotopic (exact) mass is 328 g/mol. The average molecular weight is 328 g/mol. The Balaban J connectivity index is 1.89. The Labute approximate surface area is 144 Å². The van der Waals surface area contributed by atoms with Crippen molar-refractivity contribution in [3.63, 3.8) is 0 Å². The summed E-state index contributed by atoms with van der Waals surface area (Å²) in [6.07, 6.45) is 0. The second kappa shape index (κ2) is 8.11. The average Bonchev–Trinajstić information content (AvgIpc) is 2.82. The van der Waals surface area contributed by atoms with Gasteiger partial charge in [0.25, 0.3) is 0 Å². The Kier molecular flexibility index (Phi) is 6.15. The van der Waals surface area contributed by atoms with E-state index in [2.05, 4.69) is 53.3 Å². The standard InChI is InChI=1S/C19H28N4O/c1-13(12-23-15(3)9-14(2)22-23)11-20-16(4)18-7-6-8-19(10-18)21-17(5)24/h6-10,13,16,20H,11-12H2,1-5H3,(H,21,24)/t13-,16-/m0/s1. The van der Waals surface area contributed by atoms with Crippen LogP contribution < -0.4 is 10.6 Å². The van der Waals surface area contributed by atoms with Gasteiger partial charge < -0.3 is 10.6 Å². The quantitative estimate of drug-likeness (QED) is 0.818. The summed E-state index contributed by atoms with van der Waals surface area (Å²) < 4.78 is 2.07. The molecule has 0 aliphatic rings. The molecule has 5 nitrogen and oxygen atoms in total. The molecule has 0 spiro atoms. The van der Waals surface area contributed by atoms with Crippen LogP contribution in [0.15, 0.2) is 30.3 Å². The van der Waals surface area contributed by atoms with Gasteiger partial charge in [0, 0.05) is 37.4 Å². The molecule has 1 amide bonds. The number of aromatic nitrogens is 2. The van der Waals surface area contributed by atoms with Crippen molar-refractivity contribution in [3.05, 3.63) is 47.3 Å². The highest BCUT2D eigenvalue weighted by atomic mass is 16.1. The number of anilines is 1. The minimum Gasteiger partial charge on any atom is -0.326 e. The van der Waals surface area contributed by atoms with Crippen molar-refractivity contribution < 1.29 is 4.79 Å². The van der Waals surface area contributed by atoms with Crippen LogP contribution in [0.3, 0.4) is 0 Å². The smallest absolute Gasteiger partial charge is 0.221 e. The molecular weight excluding hydrogens is 300 g/mol. The molecule has 0 radical (unpaired) electrons. The maximum atomic E-state index is 11.2. The Morgan fingerprint density at radius 3 is 2.62 bits per heavy atom. The third kappa shape index (κ3) is 5.20. The first-order chi connectivity index (χ1) is 11.3. The lowest BCUT2D eigenvalue weighted by Gasteiger charge is -2.19. The van der Waals surface area contributed by atoms with Gasteiger partial charge in [0.05, 0.1) is 5.69 Å². The molecule has 5 heteroatoms. The zero-order valence-electron chi connectivity index (χ0n) is 15.3. The second-order valence-electron chi connectivity index (χ2n) is 6.65. The lowest BCUT2D eigenvalue weighted by molar-refractivity contribution is -0.114. The van der Waals surface area contributed by atoms with Crippen LogP contribution in [0.2, 0.25) is 0 Å². The van der Waals surface area contributed by atoms with Crippen molar-refractivity contribution in [2.45, 2.75) is 47.2 Å². The van der Waals surface area contributed by atoms with Crippen LogP contribution in [0.25, 0.3) is 0 Å². The van der Waals surface area contributed by atoms with Gasteiger partial charge in [0.15, 0.2) is 0 Å². The number of amides is 1. The highest BCUT2D eigenvalue weighted by Gasteiger charge is 2.11. The number of carbonyl (C=O) groups is 1. The fourth-order valence-corrected chi connectivity index (χ4v) is 2.80. The lowest BCUT2D eigenvalue weighted by Crippen LogP contribution is -2.27. The largest absolute Gasteiger partial charge is 0.326 e. The van der Waals surface area contributed by atoms with Crippen LogP contribution in [0, 0.1) is 19.8 Å². The van der Waals surface area contributed by atoms with Gasteiger partial charge in [0.1, 0.15) is 0 Å². The van der Waals surface area contributed by atoms with Gasteiger partial charge in [0.2, 0.25) is 5.91 Å².